The van der Waals surface area contributed by atoms with Crippen LogP contribution in [0.5, 0.6) is 0 Å². The smallest absolute Gasteiger partial charge is 0.246 e. The van der Waals surface area contributed by atoms with E-state index in [-0.39, 0.29) is 23.7 Å². The first-order chi connectivity index (χ1) is 9.89. The molecule has 0 spiro atoms. The van der Waals surface area contributed by atoms with Crippen LogP contribution in [0.3, 0.4) is 0 Å². The van der Waals surface area contributed by atoms with Gasteiger partial charge in [-0.2, -0.15) is 0 Å². The third kappa shape index (κ3) is 3.41. The fraction of sp³-hybridized carbons (Fsp3) is 0.462. The van der Waals surface area contributed by atoms with Crippen LogP contribution in [0.25, 0.3) is 0 Å². The summed E-state index contributed by atoms with van der Waals surface area (Å²) in [5.74, 6) is -0.445. The van der Waals surface area contributed by atoms with Crippen LogP contribution in [0.1, 0.15) is 13.3 Å². The molecule has 1 aliphatic rings. The molecule has 7 nitrogen and oxygen atoms in total. The van der Waals surface area contributed by atoms with Crippen LogP contribution in [-0.2, 0) is 19.6 Å². The van der Waals surface area contributed by atoms with Crippen LogP contribution >= 0.6 is 0 Å². The van der Waals surface area contributed by atoms with E-state index in [1.165, 1.54) is 12.1 Å². The lowest BCUT2D eigenvalue weighted by atomic mass is 9.99. The first-order valence-electron chi connectivity index (χ1n) is 6.66. The molecule has 1 atom stereocenters. The van der Waals surface area contributed by atoms with Crippen LogP contribution in [0, 0.1) is 0 Å². The summed E-state index contributed by atoms with van der Waals surface area (Å²) in [5, 5.41) is 2.59. The Balaban J connectivity index is 2.27. The summed E-state index contributed by atoms with van der Waals surface area (Å²) in [5.41, 5.74) is 5.06. The molecule has 0 radical (unpaired) electrons. The van der Waals surface area contributed by atoms with Crippen molar-refractivity contribution >= 4 is 21.6 Å². The fourth-order valence-corrected chi connectivity index (χ4v) is 3.28. The second kappa shape index (κ2) is 6.10. The Morgan fingerprint density at radius 3 is 2.76 bits per heavy atom. The lowest BCUT2D eigenvalue weighted by Crippen LogP contribution is -2.51. The first kappa shape index (κ1) is 15.9. The quantitative estimate of drug-likeness (QED) is 0.711. The van der Waals surface area contributed by atoms with Crippen molar-refractivity contribution in [1.82, 2.24) is 4.72 Å². The van der Waals surface area contributed by atoms with Crippen molar-refractivity contribution < 1.29 is 17.9 Å². The third-order valence-electron chi connectivity index (χ3n) is 3.26. The van der Waals surface area contributed by atoms with Gasteiger partial charge in [0, 0.05) is 13.2 Å². The number of ether oxygens (including phenoxy) is 1. The highest BCUT2D eigenvalue weighted by molar-refractivity contribution is 7.89. The maximum absolute atomic E-state index is 12.2. The first-order valence-corrected chi connectivity index (χ1v) is 8.14. The van der Waals surface area contributed by atoms with E-state index in [1.54, 1.807) is 19.1 Å². The van der Waals surface area contributed by atoms with E-state index in [4.69, 9.17) is 10.5 Å². The maximum atomic E-state index is 12.2. The summed E-state index contributed by atoms with van der Waals surface area (Å²) in [6.07, 6.45) is 0.404. The molecule has 0 aromatic heterocycles. The van der Waals surface area contributed by atoms with E-state index in [0.29, 0.717) is 13.0 Å². The highest BCUT2D eigenvalue weighted by Crippen LogP contribution is 2.23. The van der Waals surface area contributed by atoms with Crippen LogP contribution < -0.4 is 15.8 Å². The van der Waals surface area contributed by atoms with E-state index in [9.17, 15) is 13.2 Å². The molecule has 1 aromatic carbocycles. The van der Waals surface area contributed by atoms with E-state index >= 15 is 0 Å². The number of sulfonamides is 1. The number of benzene rings is 1. The normalized spacial score (nSPS) is 22.2. The van der Waals surface area contributed by atoms with Gasteiger partial charge in [0.05, 0.1) is 12.3 Å². The Bertz CT molecular complexity index is 624. The standard InChI is InChI=1S/C13H19N3O4S/c1-2-15-21(18,19)11-6-4-3-5-10(11)16-12(17)13(14)7-8-20-9-13/h3-6,15H,2,7-9,14H2,1H3,(H,16,17). The molecule has 1 fully saturated rings. The molecule has 0 bridgehead atoms. The van der Waals surface area contributed by atoms with Crippen LogP contribution in [0.15, 0.2) is 29.2 Å². The Labute approximate surface area is 123 Å². The molecule has 1 heterocycles. The van der Waals surface area contributed by atoms with E-state index in [2.05, 4.69) is 10.0 Å². The Hall–Kier alpha value is -1.48. The molecule has 1 unspecified atom stereocenters. The average Bonchev–Trinajstić information content (AvgIpc) is 2.87. The van der Waals surface area contributed by atoms with Gasteiger partial charge in [0.2, 0.25) is 15.9 Å². The number of carbonyl (C=O) groups is 1. The van der Waals surface area contributed by atoms with Gasteiger partial charge in [0.25, 0.3) is 0 Å². The van der Waals surface area contributed by atoms with E-state index in [1.807, 2.05) is 0 Å². The van der Waals surface area contributed by atoms with Gasteiger partial charge in [-0.15, -0.1) is 0 Å². The van der Waals surface area contributed by atoms with Crippen LogP contribution in [-0.4, -0.2) is 39.6 Å². The summed E-state index contributed by atoms with van der Waals surface area (Å²) in [6.45, 7) is 2.49. The molecule has 1 aliphatic heterocycles. The minimum Gasteiger partial charge on any atom is -0.379 e. The second-order valence-corrected chi connectivity index (χ2v) is 6.65. The zero-order valence-electron chi connectivity index (χ0n) is 11.8. The number of anilines is 1. The molecule has 8 heteroatoms. The highest BCUT2D eigenvalue weighted by Gasteiger charge is 2.38. The van der Waals surface area contributed by atoms with Crippen molar-refractivity contribution in [2.45, 2.75) is 23.8 Å². The number of nitrogens with one attached hydrogen (secondary N) is 2. The summed E-state index contributed by atoms with van der Waals surface area (Å²) < 4.78 is 31.8. The molecular weight excluding hydrogens is 294 g/mol. The molecule has 2 rings (SSSR count). The minimum atomic E-state index is -3.67. The molecule has 0 aliphatic carbocycles. The van der Waals surface area contributed by atoms with Gasteiger partial charge in [-0.3, -0.25) is 4.79 Å². The summed E-state index contributed by atoms with van der Waals surface area (Å²) in [4.78, 5) is 12.3. The fourth-order valence-electron chi connectivity index (χ4n) is 2.08. The van der Waals surface area contributed by atoms with Crippen molar-refractivity contribution in [1.29, 1.82) is 0 Å². The van der Waals surface area contributed by atoms with Gasteiger partial charge in [-0.25, -0.2) is 13.1 Å². The van der Waals surface area contributed by atoms with Gasteiger partial charge in [-0.1, -0.05) is 19.1 Å². The maximum Gasteiger partial charge on any atom is 0.246 e. The van der Waals surface area contributed by atoms with Gasteiger partial charge >= 0.3 is 0 Å². The number of hydrogen-bond donors (Lipinski definition) is 3. The predicted octanol–water partition coefficient (Wildman–Crippen LogP) is 0.0411. The van der Waals surface area contributed by atoms with Crippen molar-refractivity contribution in [2.24, 2.45) is 5.73 Å². The van der Waals surface area contributed by atoms with E-state index in [0.717, 1.165) is 0 Å². The van der Waals surface area contributed by atoms with Crippen molar-refractivity contribution in [3.63, 3.8) is 0 Å². The number of amides is 1. The van der Waals surface area contributed by atoms with Gasteiger partial charge in [-0.05, 0) is 18.6 Å². The van der Waals surface area contributed by atoms with Gasteiger partial charge < -0.3 is 15.8 Å². The second-order valence-electron chi connectivity index (χ2n) is 4.91. The Morgan fingerprint density at radius 1 is 1.43 bits per heavy atom. The van der Waals surface area contributed by atoms with E-state index < -0.39 is 21.5 Å². The molecule has 21 heavy (non-hydrogen) atoms. The topological polar surface area (TPSA) is 111 Å². The monoisotopic (exact) mass is 313 g/mol. The Morgan fingerprint density at radius 2 is 2.14 bits per heavy atom. The summed E-state index contributed by atoms with van der Waals surface area (Å²) >= 11 is 0. The predicted molar refractivity (Wildman–Crippen MR) is 78.3 cm³/mol. The largest absolute Gasteiger partial charge is 0.379 e. The molecular formula is C13H19N3O4S. The van der Waals surface area contributed by atoms with Gasteiger partial charge in [0.15, 0.2) is 0 Å². The number of hydrogen-bond acceptors (Lipinski definition) is 5. The van der Waals surface area contributed by atoms with Gasteiger partial charge in [0.1, 0.15) is 10.4 Å². The highest BCUT2D eigenvalue weighted by atomic mass is 32.2. The van der Waals surface area contributed by atoms with Crippen LogP contribution in [0.4, 0.5) is 5.69 Å². The molecule has 4 N–H and O–H groups in total. The molecule has 1 aromatic rings. The number of nitrogens with two attached hydrogens (primary N) is 1. The third-order valence-corrected chi connectivity index (χ3v) is 4.87. The number of rotatable bonds is 5. The Kier molecular flexibility index (Phi) is 4.62. The zero-order valence-corrected chi connectivity index (χ0v) is 12.6. The van der Waals surface area contributed by atoms with Crippen LogP contribution in [0.2, 0.25) is 0 Å². The van der Waals surface area contributed by atoms with Crippen molar-refractivity contribution in [3.8, 4) is 0 Å². The van der Waals surface area contributed by atoms with Crippen molar-refractivity contribution in [2.75, 3.05) is 25.1 Å². The summed E-state index contributed by atoms with van der Waals surface area (Å²) in [6, 6.07) is 6.20. The summed E-state index contributed by atoms with van der Waals surface area (Å²) in [7, 11) is -3.67. The lowest BCUT2D eigenvalue weighted by molar-refractivity contribution is -0.121. The molecule has 1 amide bonds. The SMILES string of the molecule is CCNS(=O)(=O)c1ccccc1NC(=O)C1(N)CCOC1. The number of carbonyl (C=O) groups excluding carboxylic acids is 1. The lowest BCUT2D eigenvalue weighted by Gasteiger charge is -2.21. The molecule has 0 saturated carbocycles. The van der Waals surface area contributed by atoms with Crippen molar-refractivity contribution in [3.05, 3.63) is 24.3 Å². The number of para-hydroxylation sites is 1. The average molecular weight is 313 g/mol. The minimum absolute atomic E-state index is 0.0164. The molecule has 1 saturated heterocycles. The molecule has 116 valence electrons. The zero-order chi connectivity index (χ0) is 15.5.